The highest BCUT2D eigenvalue weighted by Crippen LogP contribution is 2.26. The lowest BCUT2D eigenvalue weighted by Crippen LogP contribution is -2.37. The summed E-state index contributed by atoms with van der Waals surface area (Å²) in [6, 6.07) is 0. The average molecular weight is 237 g/mol. The summed E-state index contributed by atoms with van der Waals surface area (Å²) in [5, 5.41) is 8.70. The van der Waals surface area contributed by atoms with E-state index in [0.29, 0.717) is 12.3 Å². The number of rotatable bonds is 5. The fraction of sp³-hybridized carbons (Fsp3) is 0.692. The summed E-state index contributed by atoms with van der Waals surface area (Å²) in [7, 11) is 0. The van der Waals surface area contributed by atoms with Gasteiger partial charge >= 0.3 is 5.97 Å². The molecule has 4 nitrogen and oxygen atoms in total. The highest BCUT2D eigenvalue weighted by molar-refractivity contribution is 5.81. The number of amides is 1. The van der Waals surface area contributed by atoms with E-state index < -0.39 is 5.97 Å². The molecule has 0 heterocycles. The lowest BCUT2D eigenvalue weighted by atomic mass is 9.86. The highest BCUT2D eigenvalue weighted by Gasteiger charge is 2.21. The van der Waals surface area contributed by atoms with E-state index >= 15 is 0 Å². The summed E-state index contributed by atoms with van der Waals surface area (Å²) < 4.78 is 0. The monoisotopic (exact) mass is 237 g/mol. The van der Waals surface area contributed by atoms with Crippen LogP contribution in [0, 0.1) is 18.3 Å². The quantitative estimate of drug-likeness (QED) is 0.737. The molecule has 0 saturated heterocycles. The zero-order valence-electron chi connectivity index (χ0n) is 10.0. The van der Waals surface area contributed by atoms with Crippen molar-refractivity contribution in [1.29, 1.82) is 0 Å². The number of nitrogens with zero attached hydrogens (tertiary/aromatic N) is 1. The molecule has 17 heavy (non-hydrogen) atoms. The van der Waals surface area contributed by atoms with E-state index in [9.17, 15) is 9.59 Å². The Morgan fingerprint density at radius 2 is 1.94 bits per heavy atom. The van der Waals surface area contributed by atoms with Gasteiger partial charge in [-0.05, 0) is 18.8 Å². The summed E-state index contributed by atoms with van der Waals surface area (Å²) in [6.45, 7) is -0.215. The molecule has 1 rings (SSSR count). The van der Waals surface area contributed by atoms with E-state index in [1.54, 1.807) is 0 Å². The molecule has 4 heteroatoms. The molecule has 0 bridgehead atoms. The number of carboxylic acid groups (broad SMARTS) is 1. The van der Waals surface area contributed by atoms with Crippen LogP contribution in [0.3, 0.4) is 0 Å². The molecule has 0 aromatic carbocycles. The molecule has 1 fully saturated rings. The fourth-order valence-corrected chi connectivity index (χ4v) is 2.27. The maximum absolute atomic E-state index is 11.9. The normalized spacial score (nSPS) is 16.2. The smallest absolute Gasteiger partial charge is 0.323 e. The second kappa shape index (κ2) is 6.95. The van der Waals surface area contributed by atoms with Crippen LogP contribution in [0.5, 0.6) is 0 Å². The van der Waals surface area contributed by atoms with Gasteiger partial charge in [0.25, 0.3) is 0 Å². The molecule has 0 aromatic heterocycles. The standard InChI is InChI=1S/C13H19NO3/c1-2-8-14(10-13(16)17)12(15)9-11-6-4-3-5-7-11/h1,11H,3-10H2,(H,16,17). The Hall–Kier alpha value is -1.50. The van der Waals surface area contributed by atoms with E-state index in [0.717, 1.165) is 12.8 Å². The molecule has 0 spiro atoms. The minimum absolute atomic E-state index is 0.0812. The maximum atomic E-state index is 11.9. The van der Waals surface area contributed by atoms with Crippen LogP contribution in [0.4, 0.5) is 0 Å². The molecular weight excluding hydrogens is 218 g/mol. The highest BCUT2D eigenvalue weighted by atomic mass is 16.4. The van der Waals surface area contributed by atoms with Gasteiger partial charge in [-0.25, -0.2) is 0 Å². The largest absolute Gasteiger partial charge is 0.480 e. The number of aliphatic carboxylic acids is 1. The molecule has 1 aliphatic rings. The van der Waals surface area contributed by atoms with Crippen LogP contribution >= 0.6 is 0 Å². The Balaban J connectivity index is 2.46. The Kier molecular flexibility index (Phi) is 5.55. The van der Waals surface area contributed by atoms with E-state index in [1.165, 1.54) is 24.2 Å². The van der Waals surface area contributed by atoms with Crippen LogP contribution in [0.1, 0.15) is 38.5 Å². The van der Waals surface area contributed by atoms with Crippen molar-refractivity contribution >= 4 is 11.9 Å². The molecule has 1 saturated carbocycles. The Morgan fingerprint density at radius 1 is 1.29 bits per heavy atom. The number of terminal acetylenes is 1. The second-order valence-electron chi connectivity index (χ2n) is 4.56. The first kappa shape index (κ1) is 13.6. The fourth-order valence-electron chi connectivity index (χ4n) is 2.27. The molecule has 0 unspecified atom stereocenters. The molecule has 1 aliphatic carbocycles. The predicted molar refractivity (Wildman–Crippen MR) is 64.2 cm³/mol. The first-order valence-corrected chi connectivity index (χ1v) is 6.06. The van der Waals surface area contributed by atoms with Crippen molar-refractivity contribution in [3.05, 3.63) is 0 Å². The van der Waals surface area contributed by atoms with Gasteiger partial charge in [-0.2, -0.15) is 0 Å². The van der Waals surface area contributed by atoms with Gasteiger partial charge in [0.2, 0.25) is 5.91 Å². The number of carboxylic acids is 1. The Labute approximate surface area is 102 Å². The van der Waals surface area contributed by atoms with Gasteiger partial charge in [-0.15, -0.1) is 6.42 Å². The van der Waals surface area contributed by atoms with Crippen molar-refractivity contribution in [2.75, 3.05) is 13.1 Å². The minimum Gasteiger partial charge on any atom is -0.480 e. The maximum Gasteiger partial charge on any atom is 0.323 e. The van der Waals surface area contributed by atoms with Gasteiger partial charge in [-0.1, -0.05) is 25.2 Å². The summed E-state index contributed by atoms with van der Waals surface area (Å²) in [6.07, 6.45) is 11.3. The molecule has 0 aromatic rings. The summed E-state index contributed by atoms with van der Waals surface area (Å²) >= 11 is 0. The summed E-state index contributed by atoms with van der Waals surface area (Å²) in [4.78, 5) is 23.8. The second-order valence-corrected chi connectivity index (χ2v) is 4.56. The Morgan fingerprint density at radius 3 is 2.47 bits per heavy atom. The van der Waals surface area contributed by atoms with Crippen LogP contribution < -0.4 is 0 Å². The predicted octanol–water partition coefficient (Wildman–Crippen LogP) is 1.50. The number of carbonyl (C=O) groups excluding carboxylic acids is 1. The zero-order chi connectivity index (χ0) is 12.7. The molecule has 1 N–H and O–H groups in total. The van der Waals surface area contributed by atoms with Gasteiger partial charge in [0.1, 0.15) is 6.54 Å². The third-order valence-corrected chi connectivity index (χ3v) is 3.15. The third-order valence-electron chi connectivity index (χ3n) is 3.15. The zero-order valence-corrected chi connectivity index (χ0v) is 10.0. The number of carbonyl (C=O) groups is 2. The molecule has 0 aliphatic heterocycles. The van der Waals surface area contributed by atoms with Gasteiger partial charge < -0.3 is 10.0 Å². The topological polar surface area (TPSA) is 57.6 Å². The van der Waals surface area contributed by atoms with Crippen molar-refractivity contribution in [3.63, 3.8) is 0 Å². The molecule has 1 amide bonds. The molecule has 0 atom stereocenters. The first-order chi connectivity index (χ1) is 8.13. The van der Waals surface area contributed by atoms with Gasteiger partial charge in [-0.3, -0.25) is 9.59 Å². The minimum atomic E-state index is -1.02. The van der Waals surface area contributed by atoms with Crippen LogP contribution in [-0.4, -0.2) is 35.0 Å². The van der Waals surface area contributed by atoms with E-state index in [-0.39, 0.29) is 19.0 Å². The molecular formula is C13H19NO3. The van der Waals surface area contributed by atoms with E-state index in [1.807, 2.05) is 0 Å². The number of hydrogen-bond donors (Lipinski definition) is 1. The summed E-state index contributed by atoms with van der Waals surface area (Å²) in [5.41, 5.74) is 0. The van der Waals surface area contributed by atoms with E-state index in [2.05, 4.69) is 5.92 Å². The van der Waals surface area contributed by atoms with Gasteiger partial charge in [0.15, 0.2) is 0 Å². The molecule has 94 valence electrons. The SMILES string of the molecule is C#CCN(CC(=O)O)C(=O)CC1CCCCC1. The summed E-state index contributed by atoms with van der Waals surface area (Å²) in [5.74, 6) is 1.60. The lowest BCUT2D eigenvalue weighted by molar-refractivity contribution is -0.144. The van der Waals surface area contributed by atoms with Crippen molar-refractivity contribution < 1.29 is 14.7 Å². The van der Waals surface area contributed by atoms with Crippen molar-refractivity contribution in [2.45, 2.75) is 38.5 Å². The van der Waals surface area contributed by atoms with E-state index in [4.69, 9.17) is 11.5 Å². The molecule has 0 radical (unpaired) electrons. The number of hydrogen-bond acceptors (Lipinski definition) is 2. The lowest BCUT2D eigenvalue weighted by Gasteiger charge is -2.24. The van der Waals surface area contributed by atoms with Crippen molar-refractivity contribution in [3.8, 4) is 12.3 Å². The van der Waals surface area contributed by atoms with Crippen molar-refractivity contribution in [1.82, 2.24) is 4.90 Å². The van der Waals surface area contributed by atoms with Crippen LogP contribution in [-0.2, 0) is 9.59 Å². The Bertz CT molecular complexity index is 313. The third kappa shape index (κ3) is 4.90. The van der Waals surface area contributed by atoms with Crippen LogP contribution in [0.25, 0.3) is 0 Å². The van der Waals surface area contributed by atoms with Crippen LogP contribution in [0.2, 0.25) is 0 Å². The van der Waals surface area contributed by atoms with Crippen molar-refractivity contribution in [2.24, 2.45) is 5.92 Å². The van der Waals surface area contributed by atoms with Crippen LogP contribution in [0.15, 0.2) is 0 Å². The average Bonchev–Trinajstić information content (AvgIpc) is 2.29. The first-order valence-electron chi connectivity index (χ1n) is 6.06. The van der Waals surface area contributed by atoms with Gasteiger partial charge in [0.05, 0.1) is 6.54 Å². The van der Waals surface area contributed by atoms with Gasteiger partial charge in [0, 0.05) is 6.42 Å².